The number of amidine groups is 1. The minimum absolute atomic E-state index is 0.0708. The van der Waals surface area contributed by atoms with Crippen LogP contribution in [0, 0.1) is 0 Å². The second kappa shape index (κ2) is 5.92. The van der Waals surface area contributed by atoms with Gasteiger partial charge in [0.2, 0.25) is 0 Å². The van der Waals surface area contributed by atoms with Crippen molar-refractivity contribution < 1.29 is 9.76 Å². The fraction of sp³-hybridized carbons (Fsp3) is 0.545. The number of hydrogen-bond donors (Lipinski definition) is 3. The summed E-state index contributed by atoms with van der Waals surface area (Å²) in [5.74, 6) is 0.0708. The molecule has 1 aromatic rings. The van der Waals surface area contributed by atoms with Crippen molar-refractivity contribution in [3.63, 3.8) is 0 Å². The summed E-state index contributed by atoms with van der Waals surface area (Å²) in [6.07, 6.45) is 0. The molecule has 4 N–H and O–H groups in total. The summed E-state index contributed by atoms with van der Waals surface area (Å²) < 4.78 is 14.7. The number of nitrogens with one attached hydrogen (secondary N) is 1. The van der Waals surface area contributed by atoms with Crippen LogP contribution in [-0.4, -0.2) is 20.3 Å². The lowest BCUT2D eigenvalue weighted by Gasteiger charge is -2.26. The van der Waals surface area contributed by atoms with Crippen LogP contribution in [0.3, 0.4) is 0 Å². The summed E-state index contributed by atoms with van der Waals surface area (Å²) in [6.45, 7) is 7.62. The van der Waals surface area contributed by atoms with Gasteiger partial charge in [-0.25, -0.2) is 0 Å². The SMILES string of the molecule is CC(N[S+]([O-])C(C)(C)C)c1sccc1C(N)=NO. The van der Waals surface area contributed by atoms with Crippen LogP contribution >= 0.6 is 11.3 Å². The smallest absolute Gasteiger partial charge is 0.171 e. The number of oxime groups is 1. The molecule has 1 rings (SSSR count). The van der Waals surface area contributed by atoms with E-state index in [2.05, 4.69) is 9.88 Å². The maximum atomic E-state index is 12.0. The van der Waals surface area contributed by atoms with Crippen molar-refractivity contribution in [3.8, 4) is 0 Å². The van der Waals surface area contributed by atoms with Gasteiger partial charge in [0.15, 0.2) is 5.84 Å². The van der Waals surface area contributed by atoms with E-state index >= 15 is 0 Å². The third-order valence-corrected chi connectivity index (χ3v) is 5.09. The Hall–Kier alpha value is -0.760. The van der Waals surface area contributed by atoms with Gasteiger partial charge in [-0.1, -0.05) is 5.16 Å². The molecule has 0 saturated heterocycles. The molecule has 0 aliphatic heterocycles. The van der Waals surface area contributed by atoms with Crippen LogP contribution in [0.25, 0.3) is 0 Å². The normalized spacial score (nSPS) is 16.6. The minimum Gasteiger partial charge on any atom is -0.598 e. The van der Waals surface area contributed by atoms with Crippen LogP contribution < -0.4 is 10.5 Å². The number of nitrogens with two attached hydrogens (primary N) is 1. The molecular formula is C11H19N3O2S2. The molecule has 7 heteroatoms. The van der Waals surface area contributed by atoms with Gasteiger partial charge in [0, 0.05) is 21.8 Å². The molecule has 1 aromatic heterocycles. The zero-order valence-electron chi connectivity index (χ0n) is 10.9. The van der Waals surface area contributed by atoms with Crippen molar-refractivity contribution in [2.24, 2.45) is 10.9 Å². The predicted molar refractivity (Wildman–Crippen MR) is 76.3 cm³/mol. The molecule has 102 valence electrons. The predicted octanol–water partition coefficient (Wildman–Crippen LogP) is 1.96. The highest BCUT2D eigenvalue weighted by Crippen LogP contribution is 2.26. The lowest BCUT2D eigenvalue weighted by atomic mass is 10.1. The topological polar surface area (TPSA) is 93.7 Å². The molecule has 5 nitrogen and oxygen atoms in total. The Bertz CT molecular complexity index is 426. The maximum Gasteiger partial charge on any atom is 0.171 e. The highest BCUT2D eigenvalue weighted by atomic mass is 32.2. The largest absolute Gasteiger partial charge is 0.598 e. The fourth-order valence-electron chi connectivity index (χ4n) is 1.31. The molecule has 18 heavy (non-hydrogen) atoms. The van der Waals surface area contributed by atoms with Crippen LogP contribution in [0.2, 0.25) is 0 Å². The van der Waals surface area contributed by atoms with E-state index in [1.165, 1.54) is 11.3 Å². The van der Waals surface area contributed by atoms with Crippen molar-refractivity contribution in [3.05, 3.63) is 21.9 Å². The van der Waals surface area contributed by atoms with E-state index in [4.69, 9.17) is 10.9 Å². The fourth-order valence-corrected chi connectivity index (χ4v) is 3.09. The highest BCUT2D eigenvalue weighted by molar-refractivity contribution is 7.90. The third kappa shape index (κ3) is 3.61. The van der Waals surface area contributed by atoms with Gasteiger partial charge in [-0.15, -0.1) is 16.1 Å². The van der Waals surface area contributed by atoms with Crippen LogP contribution in [0.4, 0.5) is 0 Å². The zero-order valence-corrected chi connectivity index (χ0v) is 12.6. The second-order valence-corrected chi connectivity index (χ2v) is 7.85. The van der Waals surface area contributed by atoms with Crippen molar-refractivity contribution in [2.45, 2.75) is 38.5 Å². The Morgan fingerprint density at radius 3 is 2.72 bits per heavy atom. The van der Waals surface area contributed by atoms with Crippen LogP contribution in [0.5, 0.6) is 0 Å². The van der Waals surface area contributed by atoms with Crippen LogP contribution in [0.1, 0.15) is 44.2 Å². The molecule has 0 aliphatic carbocycles. The number of rotatable bonds is 4. The zero-order chi connectivity index (χ0) is 13.9. The Morgan fingerprint density at radius 1 is 1.61 bits per heavy atom. The van der Waals surface area contributed by atoms with Gasteiger partial charge in [-0.05, 0) is 39.1 Å². The van der Waals surface area contributed by atoms with Crippen LogP contribution in [-0.2, 0) is 11.4 Å². The molecule has 0 bridgehead atoms. The summed E-state index contributed by atoms with van der Waals surface area (Å²) in [5, 5.41) is 13.6. The monoisotopic (exact) mass is 289 g/mol. The maximum absolute atomic E-state index is 12.0. The summed E-state index contributed by atoms with van der Waals surface area (Å²) in [6, 6.07) is 1.66. The number of hydrogen-bond acceptors (Lipinski definition) is 5. The average molecular weight is 289 g/mol. The summed E-state index contributed by atoms with van der Waals surface area (Å²) in [7, 11) is 0. The Morgan fingerprint density at radius 2 is 2.22 bits per heavy atom. The molecule has 0 radical (unpaired) electrons. The van der Waals surface area contributed by atoms with Crippen LogP contribution in [0.15, 0.2) is 16.6 Å². The molecule has 0 spiro atoms. The molecule has 2 unspecified atom stereocenters. The summed E-state index contributed by atoms with van der Waals surface area (Å²) in [4.78, 5) is 0.905. The summed E-state index contributed by atoms with van der Waals surface area (Å²) >= 11 is 0.323. The Kier molecular flexibility index (Phi) is 5.03. The van der Waals surface area contributed by atoms with E-state index < -0.39 is 11.4 Å². The second-order valence-electron chi connectivity index (χ2n) is 4.90. The van der Waals surface area contributed by atoms with Crippen molar-refractivity contribution in [2.75, 3.05) is 0 Å². The van der Waals surface area contributed by atoms with Crippen molar-refractivity contribution in [1.29, 1.82) is 0 Å². The van der Waals surface area contributed by atoms with Gasteiger partial charge in [0.25, 0.3) is 0 Å². The summed E-state index contributed by atoms with van der Waals surface area (Å²) in [5.41, 5.74) is 6.27. The van der Waals surface area contributed by atoms with Gasteiger partial charge in [-0.2, -0.15) is 0 Å². The van der Waals surface area contributed by atoms with E-state index in [0.29, 0.717) is 5.56 Å². The number of nitrogens with zero attached hydrogens (tertiary/aromatic N) is 1. The molecule has 0 fully saturated rings. The van der Waals surface area contributed by atoms with Gasteiger partial charge >= 0.3 is 0 Å². The quantitative estimate of drug-likeness (QED) is 0.260. The first-order chi connectivity index (χ1) is 8.27. The molecular weight excluding hydrogens is 270 g/mol. The lowest BCUT2D eigenvalue weighted by Crippen LogP contribution is -2.40. The Balaban J connectivity index is 2.86. The molecule has 0 aliphatic rings. The van der Waals surface area contributed by atoms with Gasteiger partial charge < -0.3 is 15.5 Å². The minimum atomic E-state index is -1.16. The van der Waals surface area contributed by atoms with Gasteiger partial charge in [0.1, 0.15) is 4.75 Å². The molecule has 1 heterocycles. The first kappa shape index (κ1) is 15.3. The van der Waals surface area contributed by atoms with E-state index in [0.717, 1.165) is 4.88 Å². The molecule has 0 saturated carbocycles. The standard InChI is InChI=1S/C11H19N3O2S2/c1-7(14-18(16)11(2,3)4)9-8(5-6-17-9)10(12)13-15/h5-7,14-15H,1-4H3,(H2,12,13). The lowest BCUT2D eigenvalue weighted by molar-refractivity contribution is 0.318. The third-order valence-electron chi connectivity index (χ3n) is 2.31. The molecule has 2 atom stereocenters. The van der Waals surface area contributed by atoms with E-state index in [-0.39, 0.29) is 16.6 Å². The Labute approximate surface area is 114 Å². The first-order valence-corrected chi connectivity index (χ1v) is 7.53. The highest BCUT2D eigenvalue weighted by Gasteiger charge is 2.29. The van der Waals surface area contributed by atoms with Crippen molar-refractivity contribution >= 4 is 28.5 Å². The van der Waals surface area contributed by atoms with E-state index in [1.807, 2.05) is 33.1 Å². The van der Waals surface area contributed by atoms with E-state index in [1.54, 1.807) is 6.07 Å². The molecule has 0 amide bonds. The average Bonchev–Trinajstić information content (AvgIpc) is 2.75. The number of thiophene rings is 1. The van der Waals surface area contributed by atoms with E-state index in [9.17, 15) is 4.55 Å². The first-order valence-electron chi connectivity index (χ1n) is 5.50. The van der Waals surface area contributed by atoms with Crippen molar-refractivity contribution in [1.82, 2.24) is 4.72 Å². The van der Waals surface area contributed by atoms with Gasteiger partial charge in [0.05, 0.1) is 6.04 Å². The molecule has 0 aromatic carbocycles. The van der Waals surface area contributed by atoms with Gasteiger partial charge in [-0.3, -0.25) is 0 Å².